The molecular weight excluding hydrogens is 464 g/mol. The van der Waals surface area contributed by atoms with Crippen molar-refractivity contribution in [3.63, 3.8) is 0 Å². The monoisotopic (exact) mass is 490 g/mol. The van der Waals surface area contributed by atoms with E-state index < -0.39 is 5.97 Å². The Kier molecular flexibility index (Phi) is 7.02. The van der Waals surface area contributed by atoms with Gasteiger partial charge in [0, 0.05) is 27.8 Å². The number of thiazole rings is 1. The number of carbonyl (C=O) groups is 1. The zero-order valence-electron chi connectivity index (χ0n) is 20.2. The van der Waals surface area contributed by atoms with Crippen LogP contribution in [0.25, 0.3) is 33.6 Å². The van der Waals surface area contributed by atoms with Gasteiger partial charge in [-0.25, -0.2) is 9.78 Å². The van der Waals surface area contributed by atoms with E-state index in [4.69, 9.17) is 13.9 Å². The normalized spacial score (nSPS) is 11.5. The predicted octanol–water partition coefficient (Wildman–Crippen LogP) is 6.09. The van der Waals surface area contributed by atoms with Crippen LogP contribution in [0.3, 0.4) is 0 Å². The highest BCUT2D eigenvalue weighted by molar-refractivity contribution is 7.16. The average Bonchev–Trinajstić information content (AvgIpc) is 3.19. The van der Waals surface area contributed by atoms with Crippen molar-refractivity contribution in [2.45, 2.75) is 27.7 Å². The number of methoxy groups -OCH3 is 1. The molecule has 0 unspecified atom stereocenters. The lowest BCUT2D eigenvalue weighted by molar-refractivity contribution is -0.137. The van der Waals surface area contributed by atoms with Gasteiger partial charge in [-0.15, -0.1) is 11.3 Å². The van der Waals surface area contributed by atoms with E-state index >= 15 is 0 Å². The molecule has 2 aromatic carbocycles. The summed E-state index contributed by atoms with van der Waals surface area (Å²) in [5.41, 5.74) is 4.25. The van der Waals surface area contributed by atoms with Crippen molar-refractivity contribution < 1.29 is 18.7 Å². The first-order valence-electron chi connectivity index (χ1n) is 11.1. The Morgan fingerprint density at radius 1 is 1.14 bits per heavy atom. The summed E-state index contributed by atoms with van der Waals surface area (Å²) in [6.07, 6.45) is 1.39. The van der Waals surface area contributed by atoms with E-state index in [1.54, 1.807) is 26.0 Å². The van der Waals surface area contributed by atoms with Crippen LogP contribution in [0.1, 0.15) is 24.3 Å². The molecule has 0 radical (unpaired) electrons. The molecule has 0 amide bonds. The predicted molar refractivity (Wildman–Crippen MR) is 139 cm³/mol. The van der Waals surface area contributed by atoms with Crippen LogP contribution in [0, 0.1) is 13.8 Å². The summed E-state index contributed by atoms with van der Waals surface area (Å²) >= 11 is 1.45. The number of esters is 1. The van der Waals surface area contributed by atoms with E-state index in [2.05, 4.69) is 10.3 Å². The lowest BCUT2D eigenvalue weighted by Crippen LogP contribution is -2.07. The lowest BCUT2D eigenvalue weighted by Gasteiger charge is -2.10. The number of hydrogen-bond acceptors (Lipinski definition) is 8. The first kappa shape index (κ1) is 24.2. The average molecular weight is 491 g/mol. The summed E-state index contributed by atoms with van der Waals surface area (Å²) in [5.74, 6) is 0.153. The van der Waals surface area contributed by atoms with Crippen molar-refractivity contribution in [1.82, 2.24) is 4.98 Å². The van der Waals surface area contributed by atoms with Crippen LogP contribution in [-0.4, -0.2) is 24.7 Å². The minimum atomic E-state index is -0.411. The molecule has 0 bridgehead atoms. The molecule has 35 heavy (non-hydrogen) atoms. The lowest BCUT2D eigenvalue weighted by atomic mass is 10.1. The number of hydrogen-bond donors (Lipinski definition) is 1. The number of carbonyl (C=O) groups excluding carboxylic acids is 1. The number of anilines is 1. The van der Waals surface area contributed by atoms with Gasteiger partial charge < -0.3 is 19.2 Å². The Bertz CT molecular complexity index is 1480. The van der Waals surface area contributed by atoms with Crippen molar-refractivity contribution in [3.8, 4) is 28.3 Å². The highest BCUT2D eigenvalue weighted by Crippen LogP contribution is 2.35. The maximum atomic E-state index is 13.3. The summed E-state index contributed by atoms with van der Waals surface area (Å²) < 4.78 is 16.5. The van der Waals surface area contributed by atoms with Crippen LogP contribution in [0.5, 0.6) is 5.75 Å². The number of nitrogens with one attached hydrogen (secondary N) is 1. The number of ether oxygens (including phenoxy) is 2. The number of allylic oxidation sites excluding steroid dienone is 1. The van der Waals surface area contributed by atoms with Gasteiger partial charge in [0.1, 0.15) is 5.58 Å². The molecule has 8 heteroatoms. The molecule has 0 atom stereocenters. The van der Waals surface area contributed by atoms with Gasteiger partial charge in [0.15, 0.2) is 10.9 Å². The van der Waals surface area contributed by atoms with Crippen LogP contribution in [0.2, 0.25) is 0 Å². The third-order valence-corrected chi connectivity index (χ3v) is 6.25. The van der Waals surface area contributed by atoms with Gasteiger partial charge in [0.2, 0.25) is 11.2 Å². The molecule has 4 rings (SSSR count). The molecule has 180 valence electrons. The van der Waals surface area contributed by atoms with Gasteiger partial charge in [0.25, 0.3) is 0 Å². The molecule has 0 aliphatic rings. The summed E-state index contributed by atoms with van der Waals surface area (Å²) in [4.78, 5) is 30.6. The highest BCUT2D eigenvalue weighted by Gasteiger charge is 2.19. The zero-order valence-corrected chi connectivity index (χ0v) is 21.0. The van der Waals surface area contributed by atoms with E-state index in [0.717, 1.165) is 27.3 Å². The van der Waals surface area contributed by atoms with Gasteiger partial charge in [0.05, 0.1) is 24.8 Å². The second kappa shape index (κ2) is 10.1. The third-order valence-electron chi connectivity index (χ3n) is 5.36. The van der Waals surface area contributed by atoms with Crippen molar-refractivity contribution in [1.29, 1.82) is 0 Å². The number of aryl methyl sites for hydroxylation is 2. The minimum Gasteiger partial charge on any atom is -0.490 e. The molecule has 0 spiro atoms. The highest BCUT2D eigenvalue weighted by atomic mass is 32.1. The van der Waals surface area contributed by atoms with Crippen LogP contribution in [0.4, 0.5) is 5.13 Å². The van der Waals surface area contributed by atoms with Gasteiger partial charge >= 0.3 is 5.97 Å². The largest absolute Gasteiger partial charge is 0.490 e. The fraction of sp³-hybridized carbons (Fsp3) is 0.222. The Hall–Kier alpha value is -3.91. The first-order chi connectivity index (χ1) is 16.8. The van der Waals surface area contributed by atoms with Gasteiger partial charge in [-0.1, -0.05) is 29.8 Å². The van der Waals surface area contributed by atoms with E-state index in [1.807, 2.05) is 44.2 Å². The first-order valence-corrected chi connectivity index (χ1v) is 11.9. The summed E-state index contributed by atoms with van der Waals surface area (Å²) in [7, 11) is 1.47. The quantitative estimate of drug-likeness (QED) is 0.248. The van der Waals surface area contributed by atoms with Crippen molar-refractivity contribution in [2.24, 2.45) is 0 Å². The number of aromatic nitrogens is 1. The molecule has 1 N–H and O–H groups in total. The maximum absolute atomic E-state index is 13.3. The summed E-state index contributed by atoms with van der Waals surface area (Å²) in [6.45, 7) is 7.80. The Balaban J connectivity index is 1.72. The number of rotatable bonds is 7. The fourth-order valence-corrected chi connectivity index (χ4v) is 4.59. The summed E-state index contributed by atoms with van der Waals surface area (Å²) in [5, 5.41) is 4.17. The molecule has 7 nitrogen and oxygen atoms in total. The van der Waals surface area contributed by atoms with Crippen LogP contribution in [0.15, 0.2) is 63.4 Å². The van der Waals surface area contributed by atoms with Crippen LogP contribution >= 0.6 is 11.3 Å². The van der Waals surface area contributed by atoms with Crippen LogP contribution in [-0.2, 0) is 9.53 Å². The zero-order chi connectivity index (χ0) is 25.1. The molecule has 0 fully saturated rings. The van der Waals surface area contributed by atoms with E-state index in [-0.39, 0.29) is 11.2 Å². The van der Waals surface area contributed by atoms with Crippen LogP contribution < -0.4 is 15.5 Å². The van der Waals surface area contributed by atoms with E-state index in [1.165, 1.54) is 24.5 Å². The smallest absolute Gasteiger partial charge is 0.332 e. The second-order valence-electron chi connectivity index (χ2n) is 8.00. The van der Waals surface area contributed by atoms with E-state index in [9.17, 15) is 9.59 Å². The van der Waals surface area contributed by atoms with E-state index in [0.29, 0.717) is 34.2 Å². The number of fused-ring (bicyclic) bond motifs is 1. The van der Waals surface area contributed by atoms with Crippen molar-refractivity contribution in [2.75, 3.05) is 19.0 Å². The van der Waals surface area contributed by atoms with Gasteiger partial charge in [-0.2, -0.15) is 0 Å². The summed E-state index contributed by atoms with van der Waals surface area (Å²) in [6, 6.07) is 13.2. The maximum Gasteiger partial charge on any atom is 0.332 e. The molecule has 0 saturated carbocycles. The number of benzene rings is 2. The fourth-order valence-electron chi connectivity index (χ4n) is 3.69. The van der Waals surface area contributed by atoms with Crippen molar-refractivity contribution >= 4 is 33.4 Å². The SMILES string of the molecule is CCOC(=O)/C=C(\C)Nc1nc(-c2ccc3oc(-c4ccc(C)cc4)c(OC)c(=O)c3c2)c(C)s1. The molecule has 2 aromatic heterocycles. The Morgan fingerprint density at radius 2 is 1.86 bits per heavy atom. The Morgan fingerprint density at radius 3 is 2.54 bits per heavy atom. The Labute approximate surface area is 207 Å². The van der Waals surface area contributed by atoms with Crippen molar-refractivity contribution in [3.05, 3.63) is 74.9 Å². The molecule has 0 saturated heterocycles. The third kappa shape index (κ3) is 5.12. The van der Waals surface area contributed by atoms with Gasteiger partial charge in [-0.05, 0) is 45.9 Å². The standard InChI is InChI=1S/C27H26N2O5S/c1-6-33-22(30)13-16(3)28-27-29-23(17(4)35-27)19-11-12-21-20(14-19)24(31)26(32-5)25(34-21)18-9-7-15(2)8-10-18/h7-14H,6H2,1-5H3,(H,28,29)/b16-13+. The van der Waals surface area contributed by atoms with Gasteiger partial charge in [-0.3, -0.25) is 4.79 Å². The minimum absolute atomic E-state index is 0.163. The molecule has 0 aliphatic heterocycles. The molecule has 2 heterocycles. The molecular formula is C27H26N2O5S. The topological polar surface area (TPSA) is 90.7 Å². The molecule has 4 aromatic rings. The second-order valence-corrected chi connectivity index (χ2v) is 9.20. The number of nitrogens with zero attached hydrogens (tertiary/aromatic N) is 1. The molecule has 0 aliphatic carbocycles.